The van der Waals surface area contributed by atoms with Gasteiger partial charge in [0.1, 0.15) is 29.1 Å². The van der Waals surface area contributed by atoms with E-state index in [2.05, 4.69) is 244 Å². The summed E-state index contributed by atoms with van der Waals surface area (Å²) < 4.78 is 20.5. The van der Waals surface area contributed by atoms with Crippen molar-refractivity contribution in [2.24, 2.45) is 47.3 Å². The first-order chi connectivity index (χ1) is 33.9. The van der Waals surface area contributed by atoms with E-state index in [0.29, 0.717) is 0 Å². The van der Waals surface area contributed by atoms with E-state index in [9.17, 15) is 0 Å². The topological polar surface area (TPSA) is 210 Å². The summed E-state index contributed by atoms with van der Waals surface area (Å²) >= 11 is 5.91. The lowest BCUT2D eigenvalue weighted by Crippen LogP contribution is -1.66. The van der Waals surface area contributed by atoms with Crippen molar-refractivity contribution in [1.29, 1.82) is 0 Å². The molecule has 8 aromatic heterocycles. The molecule has 0 saturated heterocycles. The number of thiazole rings is 1. The van der Waals surface area contributed by atoms with Crippen LogP contribution >= 0.6 is 45.7 Å². The summed E-state index contributed by atoms with van der Waals surface area (Å²) in [5.41, 5.74) is 6.83. The lowest BCUT2D eigenvalue weighted by Gasteiger charge is -1.79. The van der Waals surface area contributed by atoms with Crippen molar-refractivity contribution in [2.75, 3.05) is 0 Å². The fraction of sp³-hybridized carbons (Fsp3) is 0.615. The number of rotatable bonds is 0. The molecule has 416 valence electrons. The molecule has 8 aromatic rings. The van der Waals surface area contributed by atoms with Crippen molar-refractivity contribution in [3.05, 3.63) is 121 Å². The van der Waals surface area contributed by atoms with Crippen LogP contribution in [0.3, 0.4) is 0 Å². The van der Waals surface area contributed by atoms with E-state index in [1.807, 2.05) is 16.8 Å². The maximum atomic E-state index is 4.47. The second-order valence-corrected chi connectivity index (χ2v) is 21.7. The van der Waals surface area contributed by atoms with Gasteiger partial charge < -0.3 is 18.3 Å². The maximum Gasteiger partial charge on any atom is 0.213 e. The first-order valence-corrected chi connectivity index (χ1v) is 27.6. The molecule has 16 nitrogen and oxygen atoms in total. The number of nitrogens with zero attached hydrogens (tertiary/aromatic N) is 12. The molecule has 0 amide bonds. The molecule has 8 rings (SSSR count). The second-order valence-electron chi connectivity index (χ2n) is 19.0. The lowest BCUT2D eigenvalue weighted by atomic mass is 10.3. The molecule has 0 aliphatic carbocycles. The normalized spacial score (nSPS) is 8.44. The van der Waals surface area contributed by atoms with E-state index in [0.717, 1.165) is 47.3 Å². The van der Waals surface area contributed by atoms with E-state index in [4.69, 9.17) is 0 Å². The zero-order valence-electron chi connectivity index (χ0n) is 48.9. The zero-order chi connectivity index (χ0) is 56.9. The fourth-order valence-electron chi connectivity index (χ4n) is 1.29. The Labute approximate surface area is 455 Å². The largest absolute Gasteiger partial charge is 0.452 e. The minimum Gasteiger partial charge on any atom is -0.452 e. The predicted octanol–water partition coefficient (Wildman–Crippen LogP) is 17.9. The Kier molecular flexibility index (Phi) is 93.5. The molecular weight excluding hydrogens is 983 g/mol. The Morgan fingerprint density at radius 2 is 0.875 bits per heavy atom. The van der Waals surface area contributed by atoms with Gasteiger partial charge in [-0.1, -0.05) is 171 Å². The zero-order valence-corrected chi connectivity index (χ0v) is 52.2. The molecule has 0 aliphatic heterocycles. The van der Waals surface area contributed by atoms with Gasteiger partial charge in [-0.2, -0.15) is 4.37 Å². The number of aromatic amines is 1. The van der Waals surface area contributed by atoms with Crippen molar-refractivity contribution < 1.29 is 13.4 Å². The van der Waals surface area contributed by atoms with Gasteiger partial charge in [0.25, 0.3) is 0 Å². The molecular formula is C52H101N13O3S4. The highest BCUT2D eigenvalue weighted by atomic mass is 32.1. The smallest absolute Gasteiger partial charge is 0.213 e. The lowest BCUT2D eigenvalue weighted by molar-refractivity contribution is 0.416. The number of oxazole rings is 1. The summed E-state index contributed by atoms with van der Waals surface area (Å²) in [6.07, 6.45) is 19.7. The summed E-state index contributed by atoms with van der Waals surface area (Å²) in [5.74, 6) is 6.67. The Hall–Kier alpha value is -4.92. The summed E-state index contributed by atoms with van der Waals surface area (Å²) in [4.78, 5) is 20.8. The maximum absolute atomic E-state index is 4.47. The van der Waals surface area contributed by atoms with Crippen LogP contribution in [0.1, 0.15) is 166 Å². The number of hydrogen-bond acceptors (Lipinski definition) is 19. The van der Waals surface area contributed by atoms with Gasteiger partial charge in [-0.05, 0) is 76.5 Å². The minimum absolute atomic E-state index is 0.833. The quantitative estimate of drug-likeness (QED) is 0.150. The van der Waals surface area contributed by atoms with E-state index >= 15 is 0 Å². The minimum atomic E-state index is 0.833. The van der Waals surface area contributed by atoms with Crippen LogP contribution in [0.4, 0.5) is 0 Å². The Morgan fingerprint density at radius 3 is 0.986 bits per heavy atom. The van der Waals surface area contributed by atoms with Crippen LogP contribution in [0.5, 0.6) is 0 Å². The molecule has 1 N–H and O–H groups in total. The van der Waals surface area contributed by atoms with Gasteiger partial charge in [-0.15, -0.1) is 43.1 Å². The van der Waals surface area contributed by atoms with Gasteiger partial charge >= 0.3 is 0 Å². The Bertz CT molecular complexity index is 1140. The highest BCUT2D eigenvalue weighted by molar-refractivity contribution is 7.07. The fourth-order valence-corrected chi connectivity index (χ4v) is 2.53. The van der Waals surface area contributed by atoms with Gasteiger partial charge in [0, 0.05) is 35.5 Å². The Balaban J connectivity index is -0.000000101. The van der Waals surface area contributed by atoms with E-state index in [1.165, 1.54) is 78.9 Å². The Morgan fingerprint density at radius 1 is 0.375 bits per heavy atom. The van der Waals surface area contributed by atoms with Gasteiger partial charge in [0.05, 0.1) is 18.0 Å². The van der Waals surface area contributed by atoms with Crippen molar-refractivity contribution >= 4 is 45.7 Å². The van der Waals surface area contributed by atoms with Crippen LogP contribution in [0, 0.1) is 47.3 Å². The van der Waals surface area contributed by atoms with Crippen LogP contribution in [0.15, 0.2) is 134 Å². The molecule has 0 unspecified atom stereocenters. The van der Waals surface area contributed by atoms with Gasteiger partial charge in [-0.25, -0.2) is 24.3 Å². The molecule has 0 spiro atoms. The average molecular weight is 1080 g/mol. The molecule has 20 heteroatoms. The van der Waals surface area contributed by atoms with Crippen LogP contribution in [-0.2, 0) is 0 Å². The second kappa shape index (κ2) is 80.2. The molecule has 0 aromatic carbocycles. The summed E-state index contributed by atoms with van der Waals surface area (Å²) in [5, 5.41) is 20.7. The molecule has 0 bridgehead atoms. The summed E-state index contributed by atoms with van der Waals surface area (Å²) in [6.45, 7) is 52.0. The molecule has 0 saturated carbocycles. The number of imidazole rings is 1. The van der Waals surface area contributed by atoms with Gasteiger partial charge in [0.15, 0.2) is 12.7 Å². The summed E-state index contributed by atoms with van der Waals surface area (Å²) in [7, 11) is 0. The average Bonchev–Trinajstić information content (AvgIpc) is 4.15. The highest BCUT2D eigenvalue weighted by Gasteiger charge is 1.72. The van der Waals surface area contributed by atoms with Crippen LogP contribution in [-0.4, -0.2) is 64.2 Å². The SMILES string of the molecule is CC(C)C.CC(C)C.CC(C)C.CC(C)C.CC(C)C.CC(C)C.CC(C)C.CC(C)C.c1c[nH]cn1.c1cnsc1.c1cocn1.c1cscn1.c1ncon1.c1ncsn1.c1nnco1.c1nncs1. The number of aromatic nitrogens is 13. The number of nitrogens with one attached hydrogen (secondary N) is 1. The third-order valence-electron chi connectivity index (χ3n) is 2.58. The number of hydrogen-bond donors (Lipinski definition) is 1. The predicted molar refractivity (Wildman–Crippen MR) is 312 cm³/mol. The van der Waals surface area contributed by atoms with Crippen molar-refractivity contribution in [1.82, 2.24) is 64.2 Å². The van der Waals surface area contributed by atoms with Crippen LogP contribution < -0.4 is 0 Å². The number of H-pyrrole nitrogens is 1. The third kappa shape index (κ3) is 217. The first kappa shape index (κ1) is 83.9. The summed E-state index contributed by atoms with van der Waals surface area (Å²) in [6, 6.07) is 1.91. The first-order valence-electron chi connectivity index (χ1n) is 24.0. The molecule has 0 aliphatic rings. The van der Waals surface area contributed by atoms with Crippen molar-refractivity contribution in [3.8, 4) is 0 Å². The van der Waals surface area contributed by atoms with E-state index in [-0.39, 0.29) is 0 Å². The molecule has 0 radical (unpaired) electrons. The molecule has 72 heavy (non-hydrogen) atoms. The van der Waals surface area contributed by atoms with Gasteiger partial charge in [0.2, 0.25) is 19.2 Å². The van der Waals surface area contributed by atoms with E-state index in [1.54, 1.807) is 70.7 Å². The molecule has 0 fully saturated rings. The van der Waals surface area contributed by atoms with Gasteiger partial charge in [-0.3, -0.25) is 4.98 Å². The highest BCUT2D eigenvalue weighted by Crippen LogP contribution is 1.87. The van der Waals surface area contributed by atoms with Crippen molar-refractivity contribution in [3.63, 3.8) is 0 Å². The monoisotopic (exact) mass is 1080 g/mol. The van der Waals surface area contributed by atoms with Crippen LogP contribution in [0.2, 0.25) is 0 Å². The molecule has 8 heterocycles. The third-order valence-corrected chi connectivity index (χ3v) is 4.49. The van der Waals surface area contributed by atoms with E-state index < -0.39 is 0 Å². The van der Waals surface area contributed by atoms with Crippen LogP contribution in [0.25, 0.3) is 0 Å². The standard InChI is InChI=1S/8C4H10.C3H4N2.C3H3NO.2C3H3NS.2C2H2N2O.2C2H2N2S/c8*1-4(2)3;3*1-2-5-3-4-1;1-2-4-5-3-1;1-3-4-2-5-1;1-3-2-5-4-1;1-3-4-2-5-1;1-3-2-5-4-1/h8*4H,1-3H3;1-3H,(H,4,5);3*1-3H;4*1-2H. The van der Waals surface area contributed by atoms with Crippen molar-refractivity contribution in [2.45, 2.75) is 166 Å². The molecule has 0 atom stereocenters.